The van der Waals surface area contributed by atoms with Crippen LogP contribution >= 0.6 is 0 Å². The van der Waals surface area contributed by atoms with Crippen LogP contribution in [0.15, 0.2) is 0 Å². The largest absolute Gasteiger partial charge is 0.310 e. The third kappa shape index (κ3) is 3.59. The van der Waals surface area contributed by atoms with E-state index in [1.54, 1.807) is 0 Å². The Balaban J connectivity index is 2.83. The highest BCUT2D eigenvalue weighted by Gasteiger charge is 1.78. The third-order valence-electron chi connectivity index (χ3n) is 0.157. The molecule has 0 radical (unpaired) electrons. The van der Waals surface area contributed by atoms with E-state index in [2.05, 4.69) is 0 Å². The van der Waals surface area contributed by atoms with Crippen molar-refractivity contribution in [2.24, 2.45) is 11.5 Å². The molecule has 0 aliphatic carbocycles. The smallest absolute Gasteiger partial charge is 0.151 e. The maximum atomic E-state index is 9.25. The lowest BCUT2D eigenvalue weighted by atomic mass is 10.6. The van der Waals surface area contributed by atoms with Crippen LogP contribution in [0.3, 0.4) is 0 Å². The van der Waals surface area contributed by atoms with Crippen molar-refractivity contribution < 1.29 is 4.79 Å². The van der Waals surface area contributed by atoms with Crippen molar-refractivity contribution in [3.63, 3.8) is 0 Å². The highest BCUT2D eigenvalue weighted by molar-refractivity contribution is 5.55. The number of hydrogen-bond donors (Lipinski definition) is 2. The minimum atomic E-state index is -0.796. The fraction of sp³-hybridized carbons (Fsp3) is 0.500. The van der Waals surface area contributed by atoms with Crippen molar-refractivity contribution in [3.05, 3.63) is 0 Å². The Morgan fingerprint density at radius 1 is 1.60 bits per heavy atom. The van der Waals surface area contributed by atoms with Gasteiger partial charge >= 0.3 is 0 Å². The highest BCUT2D eigenvalue weighted by Crippen LogP contribution is 1.38. The predicted octanol–water partition coefficient (Wildman–Crippen LogP) is -1.57. The zero-order valence-electron chi connectivity index (χ0n) is 2.72. The molecular weight excluding hydrogens is 68.0 g/mol. The molecule has 0 heterocycles. The van der Waals surface area contributed by atoms with Gasteiger partial charge in [-0.25, -0.2) is 0 Å². The molecule has 0 bridgehead atoms. The van der Waals surface area contributed by atoms with E-state index in [0.29, 0.717) is 6.29 Å². The predicted molar refractivity (Wildman–Crippen MR) is 18.2 cm³/mol. The van der Waals surface area contributed by atoms with Gasteiger partial charge in [-0.3, -0.25) is 0 Å². The summed E-state index contributed by atoms with van der Waals surface area (Å²) >= 11 is 0. The van der Waals surface area contributed by atoms with Crippen LogP contribution in [0.4, 0.5) is 0 Å². The van der Waals surface area contributed by atoms with Crippen molar-refractivity contribution in [2.75, 3.05) is 0 Å². The van der Waals surface area contributed by atoms with Gasteiger partial charge in [-0.2, -0.15) is 0 Å². The molecule has 3 heteroatoms. The van der Waals surface area contributed by atoms with Crippen LogP contribution in [0, 0.1) is 0 Å². The van der Waals surface area contributed by atoms with Gasteiger partial charge < -0.3 is 16.3 Å². The summed E-state index contributed by atoms with van der Waals surface area (Å²) in [6.07, 6.45) is -0.324. The second-order valence-electron chi connectivity index (χ2n) is 0.713. The monoisotopic (exact) mass is 74.0 g/mol. The first-order valence-electron chi connectivity index (χ1n) is 1.24. The second kappa shape index (κ2) is 1.87. The summed E-state index contributed by atoms with van der Waals surface area (Å²) in [6.45, 7) is 0. The SMILES string of the molecule is NC(N)C=O. The molecule has 5 heavy (non-hydrogen) atoms. The van der Waals surface area contributed by atoms with Crippen molar-refractivity contribution >= 4 is 6.29 Å². The molecule has 3 nitrogen and oxygen atoms in total. The molecule has 0 amide bonds. The van der Waals surface area contributed by atoms with Gasteiger partial charge in [0.1, 0.15) is 6.17 Å². The Kier molecular flexibility index (Phi) is 1.72. The summed E-state index contributed by atoms with van der Waals surface area (Å²) in [5.41, 5.74) is 9.40. The maximum absolute atomic E-state index is 9.25. The Hall–Kier alpha value is -0.410. The topological polar surface area (TPSA) is 69.1 Å². The molecule has 0 aromatic heterocycles. The van der Waals surface area contributed by atoms with Crippen LogP contribution < -0.4 is 11.5 Å². The summed E-state index contributed by atoms with van der Waals surface area (Å²) in [5, 5.41) is 0. The molecule has 0 aromatic rings. The van der Waals surface area contributed by atoms with Crippen molar-refractivity contribution in [3.8, 4) is 0 Å². The summed E-state index contributed by atoms with van der Waals surface area (Å²) in [4.78, 5) is 9.25. The average molecular weight is 74.1 g/mol. The molecule has 0 saturated heterocycles. The summed E-state index contributed by atoms with van der Waals surface area (Å²) < 4.78 is 0. The Labute approximate surface area is 29.9 Å². The van der Waals surface area contributed by atoms with E-state index in [9.17, 15) is 4.79 Å². The van der Waals surface area contributed by atoms with Crippen LogP contribution in [-0.2, 0) is 4.79 Å². The van der Waals surface area contributed by atoms with Gasteiger partial charge in [0.25, 0.3) is 0 Å². The first-order valence-corrected chi connectivity index (χ1v) is 1.24. The van der Waals surface area contributed by atoms with E-state index >= 15 is 0 Å². The molecule has 0 rings (SSSR count). The normalized spacial score (nSPS) is 8.60. The molecule has 0 aromatic carbocycles. The molecule has 4 N–H and O–H groups in total. The lowest BCUT2D eigenvalue weighted by molar-refractivity contribution is -0.108. The summed E-state index contributed by atoms with van der Waals surface area (Å²) in [7, 11) is 0. The van der Waals surface area contributed by atoms with Crippen LogP contribution in [0.25, 0.3) is 0 Å². The fourth-order valence-electron chi connectivity index (χ4n) is 0. The third-order valence-corrected chi connectivity index (χ3v) is 0.157. The van der Waals surface area contributed by atoms with Crippen LogP contribution in [0.5, 0.6) is 0 Å². The highest BCUT2D eigenvalue weighted by atomic mass is 16.1. The number of rotatable bonds is 1. The fourth-order valence-corrected chi connectivity index (χ4v) is 0. The van der Waals surface area contributed by atoms with E-state index in [4.69, 9.17) is 11.5 Å². The number of carbonyl (C=O) groups is 1. The number of nitrogens with two attached hydrogens (primary N) is 2. The Bertz CT molecular complexity index is 34.6. The van der Waals surface area contributed by atoms with Gasteiger partial charge in [-0.05, 0) is 0 Å². The Morgan fingerprint density at radius 2 is 1.80 bits per heavy atom. The van der Waals surface area contributed by atoms with Gasteiger partial charge in [0.05, 0.1) is 0 Å². The van der Waals surface area contributed by atoms with Crippen LogP contribution in [0.2, 0.25) is 0 Å². The van der Waals surface area contributed by atoms with Gasteiger partial charge in [0.15, 0.2) is 6.29 Å². The van der Waals surface area contributed by atoms with E-state index in [0.717, 1.165) is 0 Å². The minimum absolute atomic E-state index is 0.472. The van der Waals surface area contributed by atoms with Crippen molar-refractivity contribution in [2.45, 2.75) is 6.17 Å². The van der Waals surface area contributed by atoms with Crippen LogP contribution in [0.1, 0.15) is 0 Å². The molecule has 0 unspecified atom stereocenters. The lowest BCUT2D eigenvalue weighted by Gasteiger charge is -1.82. The molecule has 30 valence electrons. The zero-order chi connectivity index (χ0) is 4.28. The standard InChI is InChI=1S/C2H6N2O/c3-2(4)1-5/h1-2H,3-4H2. The van der Waals surface area contributed by atoms with Gasteiger partial charge in [-0.15, -0.1) is 0 Å². The number of carbonyl (C=O) groups excluding carboxylic acids is 1. The van der Waals surface area contributed by atoms with Crippen LogP contribution in [-0.4, -0.2) is 12.5 Å². The van der Waals surface area contributed by atoms with E-state index in [1.165, 1.54) is 0 Å². The van der Waals surface area contributed by atoms with Crippen molar-refractivity contribution in [1.82, 2.24) is 0 Å². The maximum Gasteiger partial charge on any atom is 0.151 e. The first-order chi connectivity index (χ1) is 2.27. The van der Waals surface area contributed by atoms with Gasteiger partial charge in [0, 0.05) is 0 Å². The number of hydrogen-bond acceptors (Lipinski definition) is 3. The van der Waals surface area contributed by atoms with E-state index < -0.39 is 6.17 Å². The molecule has 0 atom stereocenters. The molecule has 0 fully saturated rings. The average Bonchev–Trinajstić information content (AvgIpc) is 1.38. The van der Waals surface area contributed by atoms with E-state index in [1.807, 2.05) is 0 Å². The lowest BCUT2D eigenvalue weighted by Crippen LogP contribution is -2.31. The van der Waals surface area contributed by atoms with E-state index in [-0.39, 0.29) is 0 Å². The minimum Gasteiger partial charge on any atom is -0.310 e. The molecule has 0 aliphatic heterocycles. The molecular formula is C2H6N2O. The first kappa shape index (κ1) is 4.59. The van der Waals surface area contributed by atoms with Crippen molar-refractivity contribution in [1.29, 1.82) is 0 Å². The Morgan fingerprint density at radius 3 is 1.80 bits per heavy atom. The molecule has 0 aliphatic rings. The quantitative estimate of drug-likeness (QED) is 0.291. The summed E-state index contributed by atoms with van der Waals surface area (Å²) in [6, 6.07) is 0. The summed E-state index contributed by atoms with van der Waals surface area (Å²) in [5.74, 6) is 0. The molecule has 0 saturated carbocycles. The van der Waals surface area contributed by atoms with Gasteiger partial charge in [0.2, 0.25) is 0 Å². The second-order valence-corrected chi connectivity index (χ2v) is 0.713. The molecule has 0 spiro atoms. The van der Waals surface area contributed by atoms with Gasteiger partial charge in [-0.1, -0.05) is 0 Å². The number of aldehydes is 1. The zero-order valence-corrected chi connectivity index (χ0v) is 2.72.